The molecule has 2 aromatic carbocycles. The number of rotatable bonds is 6. The fourth-order valence-electron chi connectivity index (χ4n) is 3.29. The minimum absolute atomic E-state index is 0.0454. The molecule has 0 spiro atoms. The summed E-state index contributed by atoms with van der Waals surface area (Å²) in [7, 11) is 4.90. The maximum Gasteiger partial charge on any atom is 0.178 e. The van der Waals surface area contributed by atoms with Gasteiger partial charge in [-0.2, -0.15) is 0 Å². The summed E-state index contributed by atoms with van der Waals surface area (Å²) in [6, 6.07) is 11.0. The van der Waals surface area contributed by atoms with Gasteiger partial charge in [-0.25, -0.2) is 0 Å². The second-order valence-corrected chi connectivity index (χ2v) is 6.31. The first-order valence-electron chi connectivity index (χ1n) is 8.73. The Morgan fingerprint density at radius 2 is 1.50 bits per heavy atom. The Balaban J connectivity index is 1.68. The first kappa shape index (κ1) is 18.0. The summed E-state index contributed by atoms with van der Waals surface area (Å²) in [5.41, 5.74) is 1.95. The zero-order chi connectivity index (χ0) is 18.5. The standard InChI is InChI=1S/C20H25N2O4/c1-24-17-12-18(25-2)20(19(13-17)26-3)21-14-8-10-22(11-9-14)15-4-6-16(23)7-5-15/h4-7,12-14,21H,8-11H2,1-3H3. The van der Waals surface area contributed by atoms with Crippen molar-refractivity contribution in [2.45, 2.75) is 18.9 Å². The van der Waals surface area contributed by atoms with Gasteiger partial charge in [-0.1, -0.05) is 0 Å². The molecule has 1 fully saturated rings. The molecular formula is C20H25N2O4. The number of nitrogens with one attached hydrogen (secondary N) is 1. The molecular weight excluding hydrogens is 332 g/mol. The third-order valence-electron chi connectivity index (χ3n) is 4.76. The molecule has 0 atom stereocenters. The fourth-order valence-corrected chi connectivity index (χ4v) is 3.29. The average Bonchev–Trinajstić information content (AvgIpc) is 2.69. The summed E-state index contributed by atoms with van der Waals surface area (Å²) in [6.45, 7) is 1.85. The number of piperidine rings is 1. The van der Waals surface area contributed by atoms with E-state index in [4.69, 9.17) is 14.2 Å². The van der Waals surface area contributed by atoms with E-state index in [1.54, 1.807) is 33.5 Å². The first-order chi connectivity index (χ1) is 12.6. The molecule has 139 valence electrons. The summed E-state index contributed by atoms with van der Waals surface area (Å²) in [6.07, 6.45) is 1.97. The predicted octanol–water partition coefficient (Wildman–Crippen LogP) is 3.94. The van der Waals surface area contributed by atoms with E-state index in [9.17, 15) is 5.11 Å². The van der Waals surface area contributed by atoms with E-state index < -0.39 is 0 Å². The summed E-state index contributed by atoms with van der Waals surface area (Å²) in [4.78, 5) is 2.31. The minimum Gasteiger partial charge on any atom is -0.496 e. The van der Waals surface area contributed by atoms with Crippen LogP contribution in [0.5, 0.6) is 23.0 Å². The minimum atomic E-state index is 0.0454. The van der Waals surface area contributed by atoms with E-state index >= 15 is 0 Å². The topological polar surface area (TPSA) is 62.9 Å². The van der Waals surface area contributed by atoms with Crippen LogP contribution in [0.4, 0.5) is 11.4 Å². The first-order valence-corrected chi connectivity index (χ1v) is 8.73. The van der Waals surface area contributed by atoms with Gasteiger partial charge in [0.15, 0.2) is 5.75 Å². The van der Waals surface area contributed by atoms with Gasteiger partial charge in [0.1, 0.15) is 22.9 Å². The maximum atomic E-state index is 11.3. The zero-order valence-corrected chi connectivity index (χ0v) is 15.5. The molecule has 3 rings (SSSR count). The molecule has 26 heavy (non-hydrogen) atoms. The number of anilines is 2. The Labute approximate surface area is 154 Å². The molecule has 0 aliphatic carbocycles. The molecule has 6 heteroatoms. The summed E-state index contributed by atoms with van der Waals surface area (Å²) >= 11 is 0. The van der Waals surface area contributed by atoms with Crippen LogP contribution in [0.1, 0.15) is 12.8 Å². The van der Waals surface area contributed by atoms with E-state index in [0.29, 0.717) is 23.3 Å². The van der Waals surface area contributed by atoms with Crippen LogP contribution in [-0.2, 0) is 5.11 Å². The van der Waals surface area contributed by atoms with Crippen molar-refractivity contribution in [1.82, 2.24) is 0 Å². The molecule has 0 amide bonds. The molecule has 1 N–H and O–H groups in total. The highest BCUT2D eigenvalue weighted by molar-refractivity contribution is 5.69. The van der Waals surface area contributed by atoms with Crippen LogP contribution >= 0.6 is 0 Å². The van der Waals surface area contributed by atoms with Crippen LogP contribution in [0, 0.1) is 0 Å². The van der Waals surface area contributed by atoms with Gasteiger partial charge >= 0.3 is 0 Å². The Morgan fingerprint density at radius 1 is 0.923 bits per heavy atom. The van der Waals surface area contributed by atoms with Crippen LogP contribution < -0.4 is 24.4 Å². The lowest BCUT2D eigenvalue weighted by Gasteiger charge is -2.34. The summed E-state index contributed by atoms with van der Waals surface area (Å²) in [5.74, 6) is 2.15. The second-order valence-electron chi connectivity index (χ2n) is 6.31. The van der Waals surface area contributed by atoms with Gasteiger partial charge in [-0.05, 0) is 37.1 Å². The molecule has 0 unspecified atom stereocenters. The molecule has 2 aromatic rings. The lowest BCUT2D eigenvalue weighted by molar-refractivity contribution is 0.355. The lowest BCUT2D eigenvalue weighted by Crippen LogP contribution is -2.39. The quantitative estimate of drug-likeness (QED) is 0.848. The van der Waals surface area contributed by atoms with E-state index in [0.717, 1.165) is 37.3 Å². The van der Waals surface area contributed by atoms with Crippen LogP contribution in [-0.4, -0.2) is 40.5 Å². The van der Waals surface area contributed by atoms with Crippen LogP contribution in [0.25, 0.3) is 0 Å². The Kier molecular flexibility index (Phi) is 5.61. The van der Waals surface area contributed by atoms with E-state index in [-0.39, 0.29) is 5.75 Å². The number of ether oxygens (including phenoxy) is 3. The highest BCUT2D eigenvalue weighted by atomic mass is 16.5. The molecule has 1 aliphatic heterocycles. The zero-order valence-electron chi connectivity index (χ0n) is 15.5. The molecule has 0 saturated carbocycles. The second kappa shape index (κ2) is 8.08. The third kappa shape index (κ3) is 3.90. The van der Waals surface area contributed by atoms with Crippen LogP contribution in [0.3, 0.4) is 0 Å². The van der Waals surface area contributed by atoms with Crippen molar-refractivity contribution in [3.05, 3.63) is 36.4 Å². The van der Waals surface area contributed by atoms with Gasteiger partial charge in [0.25, 0.3) is 0 Å². The highest BCUT2D eigenvalue weighted by Gasteiger charge is 2.22. The molecule has 1 radical (unpaired) electrons. The van der Waals surface area contributed by atoms with Crippen LogP contribution in [0.2, 0.25) is 0 Å². The Morgan fingerprint density at radius 3 is 2.00 bits per heavy atom. The smallest absolute Gasteiger partial charge is 0.178 e. The van der Waals surface area contributed by atoms with E-state index in [1.807, 2.05) is 24.3 Å². The van der Waals surface area contributed by atoms with Crippen molar-refractivity contribution in [3.63, 3.8) is 0 Å². The van der Waals surface area contributed by atoms with Gasteiger partial charge in [0, 0.05) is 37.0 Å². The molecule has 1 heterocycles. The van der Waals surface area contributed by atoms with Crippen molar-refractivity contribution in [3.8, 4) is 23.0 Å². The average molecular weight is 357 g/mol. The van der Waals surface area contributed by atoms with Gasteiger partial charge in [-0.3, -0.25) is 5.11 Å². The third-order valence-corrected chi connectivity index (χ3v) is 4.76. The number of benzene rings is 2. The summed E-state index contributed by atoms with van der Waals surface area (Å²) < 4.78 is 16.3. The van der Waals surface area contributed by atoms with Gasteiger partial charge < -0.3 is 24.4 Å². The number of hydrogen-bond donors (Lipinski definition) is 1. The van der Waals surface area contributed by atoms with Gasteiger partial charge in [0.2, 0.25) is 0 Å². The number of hydrogen-bond acceptors (Lipinski definition) is 5. The lowest BCUT2D eigenvalue weighted by atomic mass is 10.0. The monoisotopic (exact) mass is 357 g/mol. The van der Waals surface area contributed by atoms with Crippen LogP contribution in [0.15, 0.2) is 36.4 Å². The molecule has 6 nitrogen and oxygen atoms in total. The fraction of sp³-hybridized carbons (Fsp3) is 0.400. The highest BCUT2D eigenvalue weighted by Crippen LogP contribution is 2.40. The van der Waals surface area contributed by atoms with Gasteiger partial charge in [-0.15, -0.1) is 0 Å². The Bertz CT molecular complexity index is 700. The Hall–Kier alpha value is -2.76. The number of nitrogens with zero attached hydrogens (tertiary/aromatic N) is 1. The van der Waals surface area contributed by atoms with Gasteiger partial charge in [0.05, 0.1) is 21.3 Å². The van der Waals surface area contributed by atoms with Crippen molar-refractivity contribution in [2.24, 2.45) is 0 Å². The molecule has 0 aromatic heterocycles. The number of methoxy groups -OCH3 is 3. The molecule has 1 aliphatic rings. The van der Waals surface area contributed by atoms with Crippen molar-refractivity contribution >= 4 is 11.4 Å². The largest absolute Gasteiger partial charge is 0.496 e. The van der Waals surface area contributed by atoms with Crippen molar-refractivity contribution < 1.29 is 19.3 Å². The maximum absolute atomic E-state index is 11.3. The summed E-state index contributed by atoms with van der Waals surface area (Å²) in [5, 5.41) is 14.8. The molecule has 0 bridgehead atoms. The predicted molar refractivity (Wildman–Crippen MR) is 102 cm³/mol. The van der Waals surface area contributed by atoms with E-state index in [2.05, 4.69) is 10.2 Å². The van der Waals surface area contributed by atoms with Crippen molar-refractivity contribution in [1.29, 1.82) is 0 Å². The SMILES string of the molecule is COc1cc(OC)c(NC2CCN(c3ccc([O])cc3)CC2)c(OC)c1. The van der Waals surface area contributed by atoms with E-state index in [1.165, 1.54) is 0 Å². The van der Waals surface area contributed by atoms with Crippen molar-refractivity contribution in [2.75, 3.05) is 44.6 Å². The normalized spacial score (nSPS) is 14.8. The molecule has 1 saturated heterocycles.